The Morgan fingerprint density at radius 2 is 1.93 bits per heavy atom. The van der Waals surface area contributed by atoms with E-state index in [-0.39, 0.29) is 16.9 Å². The van der Waals surface area contributed by atoms with Crippen molar-refractivity contribution in [2.24, 2.45) is 7.05 Å². The van der Waals surface area contributed by atoms with E-state index in [9.17, 15) is 22.8 Å². The maximum absolute atomic E-state index is 12.8. The first-order chi connectivity index (χ1) is 13.1. The molecule has 28 heavy (non-hydrogen) atoms. The maximum Gasteiger partial charge on any atom is 0.416 e. The van der Waals surface area contributed by atoms with Crippen molar-refractivity contribution < 1.29 is 18.0 Å². The highest BCUT2D eigenvalue weighted by atomic mass is 35.5. The van der Waals surface area contributed by atoms with Gasteiger partial charge in [0.2, 0.25) is 0 Å². The fourth-order valence-corrected chi connectivity index (χ4v) is 3.00. The maximum atomic E-state index is 12.8. The Morgan fingerprint density at radius 1 is 1.21 bits per heavy atom. The third-order valence-corrected chi connectivity index (χ3v) is 4.50. The average Bonchev–Trinajstić information content (AvgIpc) is 2.63. The minimum atomic E-state index is -4.55. The number of nitrogens with zero attached hydrogens (tertiary/aromatic N) is 2. The molecule has 1 aromatic heterocycles. The second-order valence-electron chi connectivity index (χ2n) is 6.27. The van der Waals surface area contributed by atoms with E-state index in [2.05, 4.69) is 10.3 Å². The molecule has 0 spiro atoms. The molecule has 0 fully saturated rings. The number of benzene rings is 2. The molecule has 1 unspecified atom stereocenters. The summed E-state index contributed by atoms with van der Waals surface area (Å²) < 4.78 is 39.8. The van der Waals surface area contributed by atoms with Gasteiger partial charge in [0.1, 0.15) is 5.82 Å². The lowest BCUT2D eigenvalue weighted by Gasteiger charge is -2.17. The number of hydrogen-bond donors (Lipinski definition) is 1. The van der Waals surface area contributed by atoms with Gasteiger partial charge in [0.15, 0.2) is 0 Å². The molecule has 0 radical (unpaired) electrons. The Kier molecular flexibility index (Phi) is 5.16. The smallest absolute Gasteiger partial charge is 0.342 e. The van der Waals surface area contributed by atoms with Gasteiger partial charge in [-0.05, 0) is 43.3 Å². The Morgan fingerprint density at radius 3 is 2.61 bits per heavy atom. The lowest BCUT2D eigenvalue weighted by Crippen LogP contribution is -2.32. The molecule has 5 nitrogen and oxygen atoms in total. The average molecular weight is 410 g/mol. The molecular weight excluding hydrogens is 395 g/mol. The summed E-state index contributed by atoms with van der Waals surface area (Å²) in [6, 6.07) is 8.03. The molecule has 3 rings (SSSR count). The van der Waals surface area contributed by atoms with Crippen LogP contribution < -0.4 is 10.9 Å². The van der Waals surface area contributed by atoms with Crippen molar-refractivity contribution in [1.29, 1.82) is 0 Å². The molecule has 0 saturated carbocycles. The van der Waals surface area contributed by atoms with E-state index >= 15 is 0 Å². The third kappa shape index (κ3) is 3.87. The summed E-state index contributed by atoms with van der Waals surface area (Å²) in [7, 11) is 1.51. The highest BCUT2D eigenvalue weighted by molar-refractivity contribution is 6.31. The summed E-state index contributed by atoms with van der Waals surface area (Å²) in [4.78, 5) is 29.3. The highest BCUT2D eigenvalue weighted by Gasteiger charge is 2.31. The van der Waals surface area contributed by atoms with Gasteiger partial charge in [0, 0.05) is 17.6 Å². The number of nitrogens with one attached hydrogen (secondary N) is 1. The van der Waals surface area contributed by atoms with Crippen LogP contribution >= 0.6 is 11.6 Å². The number of amides is 1. The van der Waals surface area contributed by atoms with Crippen LogP contribution in [0.2, 0.25) is 5.02 Å². The van der Waals surface area contributed by atoms with Crippen LogP contribution in [0.1, 0.15) is 34.7 Å². The predicted molar refractivity (Wildman–Crippen MR) is 99.3 cm³/mol. The molecule has 146 valence electrons. The van der Waals surface area contributed by atoms with E-state index in [0.717, 1.165) is 18.2 Å². The zero-order valence-electron chi connectivity index (χ0n) is 14.8. The van der Waals surface area contributed by atoms with Crippen LogP contribution in [0.15, 0.2) is 47.3 Å². The quantitative estimate of drug-likeness (QED) is 0.708. The summed E-state index contributed by atoms with van der Waals surface area (Å²) >= 11 is 5.95. The number of alkyl halides is 3. The zero-order chi connectivity index (χ0) is 20.6. The van der Waals surface area contributed by atoms with Gasteiger partial charge in [0.25, 0.3) is 11.5 Å². The molecule has 9 heteroatoms. The Labute approximate surface area is 162 Å². The largest absolute Gasteiger partial charge is 0.416 e. The molecule has 1 N–H and O–H groups in total. The first-order valence-corrected chi connectivity index (χ1v) is 8.60. The number of carbonyl (C=O) groups is 1. The molecule has 2 aromatic carbocycles. The monoisotopic (exact) mass is 409 g/mol. The van der Waals surface area contributed by atoms with E-state index < -0.39 is 23.7 Å². The van der Waals surface area contributed by atoms with Crippen molar-refractivity contribution in [2.75, 3.05) is 0 Å². The number of halogens is 4. The SMILES string of the molecule is CC(NC(=O)c1cccc(C(F)(F)F)c1)c1nc2cc(Cl)ccc2c(=O)n1C. The van der Waals surface area contributed by atoms with Crippen molar-refractivity contribution in [3.63, 3.8) is 0 Å². The topological polar surface area (TPSA) is 64.0 Å². The van der Waals surface area contributed by atoms with Gasteiger partial charge in [-0.1, -0.05) is 17.7 Å². The molecule has 0 saturated heterocycles. The van der Waals surface area contributed by atoms with Crippen LogP contribution in [-0.4, -0.2) is 15.5 Å². The van der Waals surface area contributed by atoms with Gasteiger partial charge < -0.3 is 5.32 Å². The minimum Gasteiger partial charge on any atom is -0.342 e. The van der Waals surface area contributed by atoms with Crippen molar-refractivity contribution in [1.82, 2.24) is 14.9 Å². The van der Waals surface area contributed by atoms with Crippen LogP contribution in [0.5, 0.6) is 0 Å². The summed E-state index contributed by atoms with van der Waals surface area (Å²) in [5.74, 6) is -0.459. The van der Waals surface area contributed by atoms with Gasteiger partial charge >= 0.3 is 6.18 Å². The van der Waals surface area contributed by atoms with Gasteiger partial charge in [-0.15, -0.1) is 0 Å². The van der Waals surface area contributed by atoms with Gasteiger partial charge in [-0.2, -0.15) is 13.2 Å². The molecule has 1 heterocycles. The molecule has 3 aromatic rings. The number of aromatic nitrogens is 2. The van der Waals surface area contributed by atoms with Crippen LogP contribution in [-0.2, 0) is 13.2 Å². The fourth-order valence-electron chi connectivity index (χ4n) is 2.83. The van der Waals surface area contributed by atoms with Crippen LogP contribution in [0.25, 0.3) is 10.9 Å². The first-order valence-electron chi connectivity index (χ1n) is 8.22. The molecule has 0 aliphatic carbocycles. The molecule has 0 aliphatic rings. The number of rotatable bonds is 3. The highest BCUT2D eigenvalue weighted by Crippen LogP contribution is 2.29. The van der Waals surface area contributed by atoms with Gasteiger partial charge in [-0.3, -0.25) is 14.2 Å². The van der Waals surface area contributed by atoms with Crippen LogP contribution in [0.3, 0.4) is 0 Å². The van der Waals surface area contributed by atoms with Crippen molar-refractivity contribution in [2.45, 2.75) is 19.1 Å². The Balaban J connectivity index is 1.93. The molecule has 1 atom stereocenters. The van der Waals surface area contributed by atoms with E-state index in [1.165, 1.54) is 23.7 Å². The summed E-state index contributed by atoms with van der Waals surface area (Å²) in [5.41, 5.74) is -1.02. The van der Waals surface area contributed by atoms with Gasteiger partial charge in [-0.25, -0.2) is 4.98 Å². The summed E-state index contributed by atoms with van der Waals surface area (Å²) in [6.07, 6.45) is -4.55. The summed E-state index contributed by atoms with van der Waals surface area (Å²) in [6.45, 7) is 1.59. The predicted octanol–water partition coefficient (Wildman–Crippen LogP) is 4.10. The molecule has 1 amide bonds. The van der Waals surface area contributed by atoms with Crippen molar-refractivity contribution in [3.05, 3.63) is 74.8 Å². The van der Waals surface area contributed by atoms with Crippen molar-refractivity contribution in [3.8, 4) is 0 Å². The lowest BCUT2D eigenvalue weighted by atomic mass is 10.1. The second kappa shape index (κ2) is 7.27. The standard InChI is InChI=1S/C19H15ClF3N3O2/c1-10(24-17(27)11-4-3-5-12(8-11)19(21,22)23)16-25-15-9-13(20)6-7-14(15)18(28)26(16)2/h3-10H,1-2H3,(H,24,27). The minimum absolute atomic E-state index is 0.143. The van der Waals surface area contributed by atoms with E-state index in [1.54, 1.807) is 19.1 Å². The van der Waals surface area contributed by atoms with E-state index in [4.69, 9.17) is 11.6 Å². The number of hydrogen-bond acceptors (Lipinski definition) is 3. The normalized spacial score (nSPS) is 12.8. The summed E-state index contributed by atoms with van der Waals surface area (Å²) in [5, 5.41) is 3.35. The fraction of sp³-hybridized carbons (Fsp3) is 0.211. The lowest BCUT2D eigenvalue weighted by molar-refractivity contribution is -0.137. The van der Waals surface area contributed by atoms with Gasteiger partial charge in [0.05, 0.1) is 22.5 Å². The third-order valence-electron chi connectivity index (χ3n) is 4.26. The molecular formula is C19H15ClF3N3O2. The van der Waals surface area contributed by atoms with Crippen molar-refractivity contribution >= 4 is 28.4 Å². The van der Waals surface area contributed by atoms with Crippen LogP contribution in [0, 0.1) is 0 Å². The number of fused-ring (bicyclic) bond motifs is 1. The van der Waals surface area contributed by atoms with Crippen LogP contribution in [0.4, 0.5) is 13.2 Å². The van der Waals surface area contributed by atoms with E-state index in [1.807, 2.05) is 0 Å². The second-order valence-corrected chi connectivity index (χ2v) is 6.71. The van der Waals surface area contributed by atoms with E-state index in [0.29, 0.717) is 15.9 Å². The molecule has 0 aliphatic heterocycles. The Bertz CT molecular complexity index is 1130. The molecule has 0 bridgehead atoms. The number of carbonyl (C=O) groups excluding carboxylic acids is 1. The Hall–Kier alpha value is -2.87. The first kappa shape index (κ1) is 19.9. The zero-order valence-corrected chi connectivity index (χ0v) is 15.6.